The number of rotatable bonds is 3. The Hall–Kier alpha value is -0.390. The average molecular weight is 263 g/mol. The van der Waals surface area contributed by atoms with E-state index in [0.29, 0.717) is 6.42 Å². The van der Waals surface area contributed by atoms with E-state index in [2.05, 4.69) is 15.9 Å². The quantitative estimate of drug-likeness (QED) is 0.513. The number of hydrogen-bond donors (Lipinski definition) is 1. The summed E-state index contributed by atoms with van der Waals surface area (Å²) in [5.74, 6) is 5.25. The fraction of sp³-hybridized carbons (Fsp3) is 0.375. The largest absolute Gasteiger partial charge is 0.284 e. The van der Waals surface area contributed by atoms with Gasteiger partial charge < -0.3 is 0 Å². The van der Waals surface area contributed by atoms with Crippen LogP contribution in [0.5, 0.6) is 0 Å². The third-order valence-corrected chi connectivity index (χ3v) is 3.36. The molecule has 0 fully saturated rings. The second kappa shape index (κ2) is 4.74. The maximum Gasteiger partial charge on any atom is 0.236 e. The van der Waals surface area contributed by atoms with Gasteiger partial charge in [0.2, 0.25) is 5.91 Å². The highest BCUT2D eigenvalue weighted by Crippen LogP contribution is 2.20. The first-order chi connectivity index (χ1) is 6.09. The van der Waals surface area contributed by atoms with Gasteiger partial charge >= 0.3 is 0 Å². The summed E-state index contributed by atoms with van der Waals surface area (Å²) < 4.78 is 1.07. The minimum Gasteiger partial charge on any atom is -0.284 e. The fourth-order valence-electron chi connectivity index (χ4n) is 0.891. The number of thiophene rings is 1. The summed E-state index contributed by atoms with van der Waals surface area (Å²) in [5.41, 5.74) is 0. The summed E-state index contributed by atoms with van der Waals surface area (Å²) in [7, 11) is 1.56. The van der Waals surface area contributed by atoms with Gasteiger partial charge in [-0.3, -0.25) is 9.80 Å². The molecular weight excluding hydrogens is 252 g/mol. The molecule has 1 aromatic rings. The van der Waals surface area contributed by atoms with Crippen molar-refractivity contribution >= 4 is 33.2 Å². The van der Waals surface area contributed by atoms with Gasteiger partial charge in [-0.2, -0.15) is 0 Å². The van der Waals surface area contributed by atoms with E-state index in [9.17, 15) is 4.79 Å². The second-order valence-electron chi connectivity index (χ2n) is 2.74. The van der Waals surface area contributed by atoms with E-state index in [1.54, 1.807) is 18.4 Å². The SMILES string of the molecule is CN(N)C(=O)CCc1cc(Br)cs1. The molecule has 5 heteroatoms. The van der Waals surface area contributed by atoms with Crippen molar-refractivity contribution in [3.63, 3.8) is 0 Å². The van der Waals surface area contributed by atoms with Gasteiger partial charge in [-0.15, -0.1) is 11.3 Å². The van der Waals surface area contributed by atoms with E-state index >= 15 is 0 Å². The molecule has 3 nitrogen and oxygen atoms in total. The Kier molecular flexibility index (Phi) is 3.90. The van der Waals surface area contributed by atoms with Crippen LogP contribution in [-0.2, 0) is 11.2 Å². The summed E-state index contributed by atoms with van der Waals surface area (Å²) in [6.07, 6.45) is 1.23. The number of hydrazine groups is 1. The molecule has 0 aliphatic carbocycles. The van der Waals surface area contributed by atoms with Gasteiger partial charge in [0.1, 0.15) is 0 Å². The van der Waals surface area contributed by atoms with Gasteiger partial charge in [-0.05, 0) is 28.4 Å². The van der Waals surface area contributed by atoms with Crippen LogP contribution in [0.25, 0.3) is 0 Å². The Morgan fingerprint density at radius 3 is 2.92 bits per heavy atom. The molecule has 0 atom stereocenters. The van der Waals surface area contributed by atoms with E-state index in [-0.39, 0.29) is 5.91 Å². The van der Waals surface area contributed by atoms with Crippen LogP contribution in [0.15, 0.2) is 15.9 Å². The van der Waals surface area contributed by atoms with Crippen LogP contribution in [0.4, 0.5) is 0 Å². The van der Waals surface area contributed by atoms with E-state index in [4.69, 9.17) is 5.84 Å². The molecule has 0 aliphatic heterocycles. The standard InChI is InChI=1S/C8H11BrN2OS/c1-11(10)8(12)3-2-7-4-6(9)5-13-7/h4-5H,2-3,10H2,1H3. The summed E-state index contributed by atoms with van der Waals surface area (Å²) >= 11 is 5.00. The third kappa shape index (κ3) is 3.46. The van der Waals surface area contributed by atoms with Crippen molar-refractivity contribution in [3.8, 4) is 0 Å². The van der Waals surface area contributed by atoms with E-state index in [0.717, 1.165) is 15.9 Å². The minimum atomic E-state index is -0.0375. The zero-order valence-corrected chi connectivity index (χ0v) is 9.69. The van der Waals surface area contributed by atoms with Gasteiger partial charge in [0.25, 0.3) is 0 Å². The highest BCUT2D eigenvalue weighted by molar-refractivity contribution is 9.10. The lowest BCUT2D eigenvalue weighted by atomic mass is 10.2. The van der Waals surface area contributed by atoms with E-state index < -0.39 is 0 Å². The highest BCUT2D eigenvalue weighted by Gasteiger charge is 2.05. The molecule has 0 saturated carbocycles. The predicted octanol–water partition coefficient (Wildman–Crippen LogP) is 1.78. The van der Waals surface area contributed by atoms with Gasteiger partial charge in [-0.1, -0.05) is 0 Å². The lowest BCUT2D eigenvalue weighted by molar-refractivity contribution is -0.130. The van der Waals surface area contributed by atoms with Crippen molar-refractivity contribution in [3.05, 3.63) is 20.8 Å². The number of hydrogen-bond acceptors (Lipinski definition) is 3. The smallest absolute Gasteiger partial charge is 0.236 e. The third-order valence-electron chi connectivity index (χ3n) is 1.60. The van der Waals surface area contributed by atoms with E-state index in [1.807, 2.05) is 11.4 Å². The normalized spacial score (nSPS) is 10.1. The van der Waals surface area contributed by atoms with Crippen molar-refractivity contribution in [1.82, 2.24) is 5.01 Å². The zero-order valence-electron chi connectivity index (χ0n) is 7.29. The molecule has 0 bridgehead atoms. The number of aryl methyl sites for hydroxylation is 1. The maximum absolute atomic E-state index is 11.1. The van der Waals surface area contributed by atoms with Crippen LogP contribution < -0.4 is 5.84 Å². The first-order valence-electron chi connectivity index (χ1n) is 3.84. The number of nitrogens with zero attached hydrogens (tertiary/aromatic N) is 1. The van der Waals surface area contributed by atoms with Crippen molar-refractivity contribution in [2.75, 3.05) is 7.05 Å². The minimum absolute atomic E-state index is 0.0375. The highest BCUT2D eigenvalue weighted by atomic mass is 79.9. The number of halogens is 1. The molecule has 1 rings (SSSR count). The van der Waals surface area contributed by atoms with Gasteiger partial charge in [0.15, 0.2) is 0 Å². The zero-order chi connectivity index (χ0) is 9.84. The summed E-state index contributed by atoms with van der Waals surface area (Å²) in [5, 5.41) is 3.13. The van der Waals surface area contributed by atoms with Gasteiger partial charge in [0.05, 0.1) is 0 Å². The van der Waals surface area contributed by atoms with Crippen LogP contribution in [0.1, 0.15) is 11.3 Å². The molecule has 0 aromatic carbocycles. The Morgan fingerprint density at radius 2 is 2.46 bits per heavy atom. The van der Waals surface area contributed by atoms with Crippen LogP contribution in [0, 0.1) is 0 Å². The molecule has 0 unspecified atom stereocenters. The van der Waals surface area contributed by atoms with Crippen LogP contribution in [0.3, 0.4) is 0 Å². The first kappa shape index (κ1) is 10.7. The summed E-state index contributed by atoms with van der Waals surface area (Å²) in [6.45, 7) is 0. The molecule has 13 heavy (non-hydrogen) atoms. The molecule has 0 radical (unpaired) electrons. The monoisotopic (exact) mass is 262 g/mol. The summed E-state index contributed by atoms with van der Waals surface area (Å²) in [4.78, 5) is 12.3. The molecule has 1 aromatic heterocycles. The second-order valence-corrected chi connectivity index (χ2v) is 4.65. The lowest BCUT2D eigenvalue weighted by Gasteiger charge is -2.08. The van der Waals surface area contributed by atoms with Crippen LogP contribution in [-0.4, -0.2) is 18.0 Å². The maximum atomic E-state index is 11.1. The Bertz CT molecular complexity index is 298. The van der Waals surface area contributed by atoms with E-state index in [1.165, 1.54) is 4.88 Å². The summed E-state index contributed by atoms with van der Waals surface area (Å²) in [6, 6.07) is 2.02. The topological polar surface area (TPSA) is 46.3 Å². The Labute approximate surface area is 89.6 Å². The predicted molar refractivity (Wildman–Crippen MR) is 57.3 cm³/mol. The lowest BCUT2D eigenvalue weighted by Crippen LogP contribution is -2.33. The molecule has 2 N–H and O–H groups in total. The molecule has 72 valence electrons. The number of carbonyl (C=O) groups excluding carboxylic acids is 1. The number of carbonyl (C=O) groups is 1. The number of nitrogens with two attached hydrogens (primary N) is 1. The Morgan fingerprint density at radius 1 is 1.77 bits per heavy atom. The average Bonchev–Trinajstić information content (AvgIpc) is 2.47. The van der Waals surface area contributed by atoms with Crippen LogP contribution in [0.2, 0.25) is 0 Å². The molecule has 1 amide bonds. The Balaban J connectivity index is 2.39. The molecular formula is C8H11BrN2OS. The van der Waals surface area contributed by atoms with Gasteiger partial charge in [0, 0.05) is 28.2 Å². The van der Waals surface area contributed by atoms with Crippen molar-refractivity contribution in [1.29, 1.82) is 0 Å². The molecule has 0 spiro atoms. The number of amides is 1. The molecule has 0 aliphatic rings. The fourth-order valence-corrected chi connectivity index (χ4v) is 2.35. The molecule has 0 saturated heterocycles. The molecule has 1 heterocycles. The van der Waals surface area contributed by atoms with Crippen LogP contribution >= 0.6 is 27.3 Å². The van der Waals surface area contributed by atoms with Crippen molar-refractivity contribution < 1.29 is 4.79 Å². The van der Waals surface area contributed by atoms with Crippen molar-refractivity contribution in [2.24, 2.45) is 5.84 Å². The van der Waals surface area contributed by atoms with Crippen molar-refractivity contribution in [2.45, 2.75) is 12.8 Å². The van der Waals surface area contributed by atoms with Gasteiger partial charge in [-0.25, -0.2) is 5.84 Å². The first-order valence-corrected chi connectivity index (χ1v) is 5.51.